The maximum Gasteiger partial charge on any atom is 0.306 e. The number of hydrogen-bond acceptors (Lipinski definition) is 20. The highest BCUT2D eigenvalue weighted by atomic mass is 32.2. The van der Waals surface area contributed by atoms with Crippen molar-refractivity contribution in [2.24, 2.45) is 5.14 Å². The molecule has 0 aliphatic heterocycles. The van der Waals surface area contributed by atoms with Gasteiger partial charge >= 0.3 is 35.8 Å². The van der Waals surface area contributed by atoms with Gasteiger partial charge in [0.15, 0.2) is 0 Å². The lowest BCUT2D eigenvalue weighted by atomic mass is 9.83. The number of amides is 2. The Bertz CT molecular complexity index is 2760. The van der Waals surface area contributed by atoms with E-state index in [-0.39, 0.29) is 108 Å². The van der Waals surface area contributed by atoms with Crippen LogP contribution in [0.25, 0.3) is 0 Å². The lowest BCUT2D eigenvalue weighted by molar-refractivity contribution is -0.158. The Morgan fingerprint density at radius 3 is 1.01 bits per heavy atom. The van der Waals surface area contributed by atoms with Crippen molar-refractivity contribution in [3.05, 3.63) is 60.7 Å². The summed E-state index contributed by atoms with van der Waals surface area (Å²) in [6, 6.07) is 5.86. The van der Waals surface area contributed by atoms with Gasteiger partial charge in [0, 0.05) is 74.4 Å². The van der Waals surface area contributed by atoms with Crippen molar-refractivity contribution in [3.63, 3.8) is 0 Å². The average molecular weight is 1340 g/mol. The fourth-order valence-electron chi connectivity index (χ4n) is 10.1. The minimum absolute atomic E-state index is 0.0140. The molecule has 0 spiro atoms. The van der Waals surface area contributed by atoms with Gasteiger partial charge in [-0.05, 0) is 207 Å². The monoisotopic (exact) mass is 1340 g/mol. The fraction of sp³-hybridized carbons (Fsp3) is 0.706. The Kier molecular flexibility index (Phi) is 30.4. The number of primary sulfonamides is 1. The number of carbonyl (C=O) groups is 8. The molecule has 0 aliphatic carbocycles. The van der Waals surface area contributed by atoms with Crippen LogP contribution in [-0.4, -0.2) is 138 Å². The number of nitrogens with zero attached hydrogens (tertiary/aromatic N) is 5. The van der Waals surface area contributed by atoms with E-state index in [0.717, 1.165) is 12.8 Å². The summed E-state index contributed by atoms with van der Waals surface area (Å²) in [7, 11) is -3.86. The van der Waals surface area contributed by atoms with Crippen molar-refractivity contribution in [2.75, 3.05) is 13.2 Å². The number of sulfonamides is 1. The maximum absolute atomic E-state index is 14.6. The topological polar surface area (TPSA) is 324 Å². The van der Waals surface area contributed by atoms with Gasteiger partial charge in [-0.1, -0.05) is 12.8 Å². The Morgan fingerprint density at radius 2 is 0.734 bits per heavy atom. The van der Waals surface area contributed by atoms with Crippen LogP contribution in [0.15, 0.2) is 53.9 Å². The summed E-state index contributed by atoms with van der Waals surface area (Å²) < 4.78 is 66.7. The van der Waals surface area contributed by atoms with Gasteiger partial charge in [-0.25, -0.2) is 23.5 Å². The van der Waals surface area contributed by atoms with Crippen molar-refractivity contribution < 1.29 is 79.9 Å². The molecular weight excluding hydrogens is 1230 g/mol. The van der Waals surface area contributed by atoms with Gasteiger partial charge in [-0.2, -0.15) is 0 Å². The van der Waals surface area contributed by atoms with E-state index in [2.05, 4.69) is 15.5 Å². The third-order valence-corrected chi connectivity index (χ3v) is 14.9. The molecule has 530 valence electrons. The lowest BCUT2D eigenvalue weighted by Crippen LogP contribution is -2.51. The van der Waals surface area contributed by atoms with Gasteiger partial charge in [0.25, 0.3) is 0 Å². The number of nitrogens with one attached hydrogen (secondary N) is 2. The first-order chi connectivity index (χ1) is 43.1. The van der Waals surface area contributed by atoms with Gasteiger partial charge in [0.2, 0.25) is 21.8 Å². The zero-order valence-corrected chi connectivity index (χ0v) is 60.2. The molecular formula is C68H110N8O17S. The van der Waals surface area contributed by atoms with E-state index in [9.17, 15) is 46.8 Å². The first-order valence-corrected chi connectivity index (χ1v) is 34.0. The molecule has 0 radical (unpaired) electrons. The summed E-state index contributed by atoms with van der Waals surface area (Å²) in [4.78, 5) is 121. The first-order valence-electron chi connectivity index (χ1n) is 32.5. The van der Waals surface area contributed by atoms with E-state index in [1.165, 1.54) is 12.1 Å². The van der Waals surface area contributed by atoms with Crippen LogP contribution in [0.1, 0.15) is 239 Å². The van der Waals surface area contributed by atoms with Gasteiger partial charge in [0.1, 0.15) is 64.1 Å². The molecule has 4 N–H and O–H groups in total. The van der Waals surface area contributed by atoms with Gasteiger partial charge < -0.3 is 52.9 Å². The molecule has 25 nitrogen and oxygen atoms in total. The molecule has 2 aromatic heterocycles. The standard InChI is InChI=1S/C68H110N8O17S/c1-61(2,3)88-55(79)27-33-67(34-28-56(80)89-62(4,5)6,35-29-57(81)90-63(7,8)9)72-53(77)47-75-42-39-70-51(75)45-74(41-21-19-20-22-44-87-49-23-25-50(26-24-49)94(69,85)86)46-52-71-40-43-76(52)48-54(78)73-68(36-30-58(82)91-64(10,11)12,37-31-59(83)92-65(13,14)15)38-32-60(84)93-66(16,17)18/h23-26,39-40,42-43H,19-22,27-38,41,44-48H2,1-18H3,(H,72,77)(H,73,78)(H2,69,85,86). The molecule has 1 aromatic carbocycles. The number of benzene rings is 1. The first kappa shape index (κ1) is 81.3. The smallest absolute Gasteiger partial charge is 0.306 e. The van der Waals surface area contributed by atoms with Gasteiger partial charge in [0.05, 0.1) is 24.6 Å². The highest BCUT2D eigenvalue weighted by Crippen LogP contribution is 2.31. The van der Waals surface area contributed by atoms with Crippen LogP contribution in [0.5, 0.6) is 5.75 Å². The SMILES string of the molecule is CC(C)(C)OC(=O)CCC(CCC(=O)OC(C)(C)C)(CCC(=O)OC(C)(C)C)NC(=O)Cn1ccnc1CN(CCCCCCOc1ccc(S(N)(=O)=O)cc1)Cc1nccn1CC(=O)NC(CCC(=O)OC(C)(C)C)(CCC(=O)OC(C)(C)C)CCC(=O)OC(C)(C)C. The van der Waals surface area contributed by atoms with E-state index < -0.39 is 102 Å². The zero-order valence-electron chi connectivity index (χ0n) is 59.3. The number of hydrogen-bond donors (Lipinski definition) is 3. The maximum atomic E-state index is 14.6. The molecule has 0 fully saturated rings. The summed E-state index contributed by atoms with van der Waals surface area (Å²) in [5, 5.41) is 11.5. The second-order valence-corrected chi connectivity index (χ2v) is 31.7. The summed E-state index contributed by atoms with van der Waals surface area (Å²) in [6.45, 7) is 32.1. The zero-order chi connectivity index (χ0) is 71.2. The number of ether oxygens (including phenoxy) is 7. The molecule has 0 unspecified atom stereocenters. The molecule has 26 heteroatoms. The average Bonchev–Trinajstić information content (AvgIpc) is 1.28. The van der Waals surface area contributed by atoms with Gasteiger partial charge in [-0.15, -0.1) is 0 Å². The van der Waals surface area contributed by atoms with Crippen LogP contribution < -0.4 is 20.5 Å². The van der Waals surface area contributed by atoms with Crippen LogP contribution in [0, 0.1) is 0 Å². The van der Waals surface area contributed by atoms with Crippen LogP contribution in [0.4, 0.5) is 0 Å². The quantitative estimate of drug-likeness (QED) is 0.0274. The number of unbranched alkanes of at least 4 members (excludes halogenated alkanes) is 3. The molecule has 2 amide bonds. The summed E-state index contributed by atoms with van der Waals surface area (Å²) in [5.41, 5.74) is -7.45. The normalized spacial score (nSPS) is 12.8. The van der Waals surface area contributed by atoms with Crippen LogP contribution >= 0.6 is 0 Å². The van der Waals surface area contributed by atoms with Crippen LogP contribution in [0.2, 0.25) is 0 Å². The molecule has 0 aliphatic rings. The molecule has 94 heavy (non-hydrogen) atoms. The minimum atomic E-state index is -3.86. The van der Waals surface area contributed by atoms with E-state index in [1.807, 2.05) is 0 Å². The summed E-state index contributed by atoms with van der Waals surface area (Å²) in [6.07, 6.45) is 8.52. The summed E-state index contributed by atoms with van der Waals surface area (Å²) >= 11 is 0. The van der Waals surface area contributed by atoms with Crippen molar-refractivity contribution in [1.29, 1.82) is 0 Å². The number of nitrogens with two attached hydrogens (primary N) is 1. The van der Waals surface area contributed by atoms with Crippen molar-refractivity contribution in [2.45, 2.75) is 303 Å². The molecule has 0 bridgehead atoms. The van der Waals surface area contributed by atoms with Crippen molar-refractivity contribution >= 4 is 57.7 Å². The molecule has 3 rings (SSSR count). The Hall–Kier alpha value is -6.93. The number of rotatable bonds is 37. The predicted octanol–water partition coefficient (Wildman–Crippen LogP) is 9.81. The second-order valence-electron chi connectivity index (χ2n) is 30.1. The third kappa shape index (κ3) is 35.0. The fourth-order valence-corrected chi connectivity index (χ4v) is 10.6. The minimum Gasteiger partial charge on any atom is -0.494 e. The van der Waals surface area contributed by atoms with E-state index >= 15 is 0 Å². The Balaban J connectivity index is 2.05. The van der Waals surface area contributed by atoms with Crippen molar-refractivity contribution in [1.82, 2.24) is 34.6 Å². The number of esters is 6. The van der Waals surface area contributed by atoms with Gasteiger partial charge in [-0.3, -0.25) is 43.3 Å². The third-order valence-electron chi connectivity index (χ3n) is 13.9. The number of imidazole rings is 2. The van der Waals surface area contributed by atoms with E-state index in [1.54, 1.807) is 171 Å². The largest absolute Gasteiger partial charge is 0.494 e. The predicted molar refractivity (Wildman–Crippen MR) is 353 cm³/mol. The van der Waals surface area contributed by atoms with E-state index in [4.69, 9.17) is 48.3 Å². The van der Waals surface area contributed by atoms with E-state index in [0.29, 0.717) is 43.4 Å². The molecule has 0 atom stereocenters. The molecule has 0 saturated carbocycles. The lowest BCUT2D eigenvalue weighted by Gasteiger charge is -2.36. The van der Waals surface area contributed by atoms with Crippen molar-refractivity contribution in [3.8, 4) is 5.75 Å². The summed E-state index contributed by atoms with van der Waals surface area (Å²) in [5.74, 6) is -2.71. The Morgan fingerprint density at radius 1 is 0.447 bits per heavy atom. The molecule has 2 heterocycles. The number of carbonyl (C=O) groups excluding carboxylic acids is 8. The van der Waals surface area contributed by atoms with Crippen LogP contribution in [0.3, 0.4) is 0 Å². The Labute approximate surface area is 557 Å². The second kappa shape index (κ2) is 35.2. The highest BCUT2D eigenvalue weighted by molar-refractivity contribution is 7.89. The molecule has 0 saturated heterocycles. The molecule has 3 aromatic rings. The highest BCUT2D eigenvalue weighted by Gasteiger charge is 2.38. The van der Waals surface area contributed by atoms with Crippen LogP contribution in [-0.2, 0) is 103 Å². The number of aromatic nitrogens is 4.